The molecule has 1 fully saturated rings. The third-order valence-electron chi connectivity index (χ3n) is 6.81. The Balaban J connectivity index is 2.01. The van der Waals surface area contributed by atoms with Gasteiger partial charge < -0.3 is 5.73 Å². The molecule has 0 saturated heterocycles. The van der Waals surface area contributed by atoms with Gasteiger partial charge in [-0.3, -0.25) is 9.52 Å². The number of aryl methyl sites for hydroxylation is 1. The minimum Gasteiger partial charge on any atom is -0.401 e. The molecule has 1 aliphatic rings. The van der Waals surface area contributed by atoms with Gasteiger partial charge in [-0.05, 0) is 74.1 Å². The lowest BCUT2D eigenvalue weighted by Crippen LogP contribution is -2.29. The van der Waals surface area contributed by atoms with E-state index in [0.29, 0.717) is 33.7 Å². The number of Topliss-reactive ketones (excluding diaryl/α,β-unsaturated/α-hetero) is 1. The molecule has 1 aliphatic carbocycles. The second-order valence-corrected chi connectivity index (χ2v) is 12.7. The highest BCUT2D eigenvalue weighted by Crippen LogP contribution is 2.44. The van der Waals surface area contributed by atoms with E-state index >= 15 is 0 Å². The zero-order valence-electron chi connectivity index (χ0n) is 20.6. The first-order valence-electron chi connectivity index (χ1n) is 12.0. The summed E-state index contributed by atoms with van der Waals surface area (Å²) in [4.78, 5) is 12.8. The van der Waals surface area contributed by atoms with Crippen molar-refractivity contribution in [3.05, 3.63) is 58.2 Å². The molecule has 0 aromatic heterocycles. The van der Waals surface area contributed by atoms with E-state index in [9.17, 15) is 13.2 Å². The summed E-state index contributed by atoms with van der Waals surface area (Å²) in [6.45, 7) is 5.66. The fourth-order valence-electron chi connectivity index (χ4n) is 4.83. The third-order valence-corrected chi connectivity index (χ3v) is 9.05. The van der Waals surface area contributed by atoms with E-state index in [1.807, 2.05) is 25.1 Å². The van der Waals surface area contributed by atoms with Crippen molar-refractivity contribution >= 4 is 54.6 Å². The van der Waals surface area contributed by atoms with Gasteiger partial charge in [0, 0.05) is 38.3 Å². The van der Waals surface area contributed by atoms with E-state index < -0.39 is 10.0 Å². The molecule has 3 N–H and O–H groups in total. The van der Waals surface area contributed by atoms with Crippen LogP contribution in [0.2, 0.25) is 5.02 Å². The molecule has 8 heteroatoms. The van der Waals surface area contributed by atoms with Crippen molar-refractivity contribution in [2.24, 2.45) is 11.1 Å². The van der Waals surface area contributed by atoms with Crippen LogP contribution in [-0.4, -0.2) is 25.3 Å². The van der Waals surface area contributed by atoms with Crippen LogP contribution < -0.4 is 10.5 Å². The highest BCUT2D eigenvalue weighted by atomic mass is 79.9. The van der Waals surface area contributed by atoms with Crippen LogP contribution in [0.5, 0.6) is 0 Å². The number of carbonyl (C=O) groups excluding carboxylic acids is 1. The highest BCUT2D eigenvalue weighted by Gasteiger charge is 2.33. The van der Waals surface area contributed by atoms with E-state index in [4.69, 9.17) is 17.3 Å². The Morgan fingerprint density at radius 1 is 1.17 bits per heavy atom. The zero-order chi connectivity index (χ0) is 25.8. The quantitative estimate of drug-likeness (QED) is 0.245. The normalized spacial score (nSPS) is 16.5. The van der Waals surface area contributed by atoms with Gasteiger partial charge in [-0.15, -0.1) is 0 Å². The molecule has 5 nitrogen and oxygen atoms in total. The maximum Gasteiger partial charge on any atom is 0.232 e. The molecule has 0 atom stereocenters. The summed E-state index contributed by atoms with van der Waals surface area (Å²) in [5.74, 6) is -0.0292. The summed E-state index contributed by atoms with van der Waals surface area (Å²) in [5.41, 5.74) is 11.4. The number of alkyl halides is 1. The first-order chi connectivity index (χ1) is 16.5. The molecule has 0 unspecified atom stereocenters. The summed E-state index contributed by atoms with van der Waals surface area (Å²) >= 11 is 10.0. The number of benzene rings is 2. The number of nitrogens with two attached hydrogens (primary N) is 1. The molecule has 2 aromatic carbocycles. The van der Waals surface area contributed by atoms with Crippen molar-refractivity contribution in [2.75, 3.05) is 15.8 Å². The molecule has 0 spiro atoms. The Labute approximate surface area is 222 Å². The van der Waals surface area contributed by atoms with Gasteiger partial charge in [0.2, 0.25) is 10.0 Å². The molecule has 0 amide bonds. The number of nitrogens with one attached hydrogen (secondary N) is 1. The van der Waals surface area contributed by atoms with Gasteiger partial charge in [-0.2, -0.15) is 0 Å². The van der Waals surface area contributed by atoms with Gasteiger partial charge in [0.15, 0.2) is 5.78 Å². The van der Waals surface area contributed by atoms with Crippen molar-refractivity contribution in [1.29, 1.82) is 0 Å². The van der Waals surface area contributed by atoms with Crippen LogP contribution in [0, 0.1) is 12.3 Å². The standard InChI is InChI=1S/C27H34BrClN2O3S/c1-18-15-23(20-9-7-10-21(16-20)31-35(33,34)14-8-13-28)24(29)17-22(18)25(19(2)32)26(30)27(3)11-5-4-6-12-27/h7,9-10,15-17,31H,4-6,8,11-14,30H2,1-3H3/b26-25-. The van der Waals surface area contributed by atoms with Gasteiger partial charge in [-0.25, -0.2) is 8.42 Å². The predicted molar refractivity (Wildman–Crippen MR) is 150 cm³/mol. The van der Waals surface area contributed by atoms with Gasteiger partial charge in [-0.1, -0.05) is 65.8 Å². The van der Waals surface area contributed by atoms with E-state index in [0.717, 1.165) is 47.9 Å². The second-order valence-electron chi connectivity index (χ2n) is 9.66. The molecule has 35 heavy (non-hydrogen) atoms. The third kappa shape index (κ3) is 6.69. The second kappa shape index (κ2) is 11.5. The van der Waals surface area contributed by atoms with Crippen LogP contribution in [0.4, 0.5) is 5.69 Å². The fraction of sp³-hybridized carbons (Fsp3) is 0.444. The smallest absolute Gasteiger partial charge is 0.232 e. The average molecular weight is 582 g/mol. The van der Waals surface area contributed by atoms with Gasteiger partial charge in [0.1, 0.15) is 0 Å². The van der Waals surface area contributed by atoms with Crippen LogP contribution >= 0.6 is 27.5 Å². The van der Waals surface area contributed by atoms with Crippen LogP contribution in [-0.2, 0) is 14.8 Å². The number of sulfonamides is 1. The number of rotatable bonds is 9. The molecular formula is C27H34BrClN2O3S. The number of carbonyl (C=O) groups is 1. The number of hydrogen-bond acceptors (Lipinski definition) is 4. The minimum absolute atomic E-state index is 0.0392. The highest BCUT2D eigenvalue weighted by molar-refractivity contribution is 9.09. The Bertz CT molecular complexity index is 1230. The topological polar surface area (TPSA) is 89.3 Å². The number of halogens is 2. The maximum absolute atomic E-state index is 12.8. The molecule has 3 rings (SSSR count). The zero-order valence-corrected chi connectivity index (χ0v) is 23.7. The lowest BCUT2D eigenvalue weighted by Gasteiger charge is -2.35. The van der Waals surface area contributed by atoms with Gasteiger partial charge in [0.05, 0.1) is 5.75 Å². The van der Waals surface area contributed by atoms with E-state index in [1.54, 1.807) is 25.1 Å². The largest absolute Gasteiger partial charge is 0.401 e. The first-order valence-corrected chi connectivity index (χ1v) is 15.1. The minimum atomic E-state index is -3.44. The van der Waals surface area contributed by atoms with Crippen LogP contribution in [0.25, 0.3) is 16.7 Å². The summed E-state index contributed by atoms with van der Waals surface area (Å²) < 4.78 is 27.3. The molecule has 1 saturated carbocycles. The summed E-state index contributed by atoms with van der Waals surface area (Å²) in [6.07, 6.45) is 5.88. The van der Waals surface area contributed by atoms with Crippen molar-refractivity contribution in [2.45, 2.75) is 59.3 Å². The van der Waals surface area contributed by atoms with Crippen molar-refractivity contribution < 1.29 is 13.2 Å². The maximum atomic E-state index is 12.8. The molecular weight excluding hydrogens is 548 g/mol. The number of anilines is 1. The van der Waals surface area contributed by atoms with Crippen molar-refractivity contribution in [3.8, 4) is 11.1 Å². The Hall–Kier alpha value is -1.83. The fourth-order valence-corrected chi connectivity index (χ4v) is 6.86. The molecule has 0 bridgehead atoms. The number of ketones is 1. The molecule has 0 aliphatic heterocycles. The average Bonchev–Trinajstić information content (AvgIpc) is 2.80. The predicted octanol–water partition coefficient (Wildman–Crippen LogP) is 7.07. The van der Waals surface area contributed by atoms with Gasteiger partial charge in [0.25, 0.3) is 0 Å². The monoisotopic (exact) mass is 580 g/mol. The molecule has 0 radical (unpaired) electrons. The van der Waals surface area contributed by atoms with Crippen LogP contribution in [0.1, 0.15) is 63.5 Å². The summed E-state index contributed by atoms with van der Waals surface area (Å²) in [5, 5.41) is 1.10. The van der Waals surface area contributed by atoms with Crippen LogP contribution in [0.3, 0.4) is 0 Å². The lowest BCUT2D eigenvalue weighted by molar-refractivity contribution is -0.111. The van der Waals surface area contributed by atoms with E-state index in [1.165, 1.54) is 6.42 Å². The SMILES string of the molecule is CC(=O)/C(=C(/N)C1(C)CCCCC1)c1cc(Cl)c(-c2cccc(NS(=O)(=O)CCCBr)c2)cc1C. The van der Waals surface area contributed by atoms with E-state index in [-0.39, 0.29) is 17.0 Å². The molecule has 2 aromatic rings. The Kier molecular flexibility index (Phi) is 9.11. The Morgan fingerprint density at radius 3 is 2.49 bits per heavy atom. The number of hydrogen-bond donors (Lipinski definition) is 2. The summed E-state index contributed by atoms with van der Waals surface area (Å²) in [7, 11) is -3.44. The Morgan fingerprint density at radius 2 is 1.86 bits per heavy atom. The van der Waals surface area contributed by atoms with Gasteiger partial charge >= 0.3 is 0 Å². The first kappa shape index (κ1) is 27.8. The van der Waals surface area contributed by atoms with Crippen molar-refractivity contribution in [3.63, 3.8) is 0 Å². The number of allylic oxidation sites excluding steroid dienone is 2. The molecule has 0 heterocycles. The van der Waals surface area contributed by atoms with Crippen LogP contribution in [0.15, 0.2) is 42.1 Å². The lowest BCUT2D eigenvalue weighted by atomic mass is 9.71. The van der Waals surface area contributed by atoms with E-state index in [2.05, 4.69) is 27.6 Å². The van der Waals surface area contributed by atoms with Crippen molar-refractivity contribution in [1.82, 2.24) is 0 Å². The molecule has 190 valence electrons. The summed E-state index contributed by atoms with van der Waals surface area (Å²) in [6, 6.07) is 10.9.